The highest BCUT2D eigenvalue weighted by atomic mass is 32.1. The Morgan fingerprint density at radius 2 is 2.25 bits per heavy atom. The summed E-state index contributed by atoms with van der Waals surface area (Å²) in [5.74, 6) is -0.150. The van der Waals surface area contributed by atoms with Gasteiger partial charge >= 0.3 is 0 Å². The summed E-state index contributed by atoms with van der Waals surface area (Å²) in [6.45, 7) is 4.22. The molecule has 2 N–H and O–H groups in total. The van der Waals surface area contributed by atoms with Crippen LogP contribution in [0.15, 0.2) is 23.6 Å². The molecular formula is C15H19FN2OS. The van der Waals surface area contributed by atoms with Crippen molar-refractivity contribution < 1.29 is 9.13 Å². The molecule has 0 aliphatic rings. The lowest BCUT2D eigenvalue weighted by atomic mass is 10.1. The zero-order chi connectivity index (χ0) is 14.5. The van der Waals surface area contributed by atoms with Crippen LogP contribution < -0.4 is 10.5 Å². The summed E-state index contributed by atoms with van der Waals surface area (Å²) in [7, 11) is 0. The third-order valence-corrected chi connectivity index (χ3v) is 3.88. The molecule has 0 saturated carbocycles. The maximum atomic E-state index is 13.8. The number of aromatic nitrogens is 1. The molecule has 2 aromatic rings. The molecule has 0 saturated heterocycles. The van der Waals surface area contributed by atoms with Gasteiger partial charge in [0.1, 0.15) is 6.61 Å². The van der Waals surface area contributed by atoms with E-state index in [1.165, 1.54) is 6.07 Å². The molecule has 1 atom stereocenters. The number of benzene rings is 1. The molecule has 0 amide bonds. The predicted octanol–water partition coefficient (Wildman–Crippen LogP) is 3.83. The topological polar surface area (TPSA) is 48.1 Å². The van der Waals surface area contributed by atoms with E-state index < -0.39 is 0 Å². The Morgan fingerprint density at radius 3 is 2.90 bits per heavy atom. The summed E-state index contributed by atoms with van der Waals surface area (Å²) in [4.78, 5) is 4.44. The van der Waals surface area contributed by atoms with Crippen LogP contribution in [0, 0.1) is 5.82 Å². The Labute approximate surface area is 122 Å². The molecule has 2 rings (SSSR count). The normalized spacial score (nSPS) is 12.4. The average Bonchev–Trinajstić information content (AvgIpc) is 2.85. The predicted molar refractivity (Wildman–Crippen MR) is 79.4 cm³/mol. The number of nitrogens with zero attached hydrogens (tertiary/aromatic N) is 1. The van der Waals surface area contributed by atoms with E-state index in [0.717, 1.165) is 29.1 Å². The number of halogens is 1. The maximum Gasteiger partial charge on any atom is 0.165 e. The van der Waals surface area contributed by atoms with Gasteiger partial charge in [0.15, 0.2) is 11.6 Å². The molecule has 108 valence electrons. The van der Waals surface area contributed by atoms with Gasteiger partial charge in [0.2, 0.25) is 0 Å². The lowest BCUT2D eigenvalue weighted by Gasteiger charge is -2.09. The molecule has 0 aliphatic heterocycles. The molecule has 0 spiro atoms. The van der Waals surface area contributed by atoms with Crippen molar-refractivity contribution in [1.29, 1.82) is 0 Å². The highest BCUT2D eigenvalue weighted by Crippen LogP contribution is 2.22. The zero-order valence-corrected chi connectivity index (χ0v) is 12.5. The smallest absolute Gasteiger partial charge is 0.165 e. The highest BCUT2D eigenvalue weighted by Gasteiger charge is 2.08. The third-order valence-electron chi connectivity index (χ3n) is 2.92. The van der Waals surface area contributed by atoms with Gasteiger partial charge < -0.3 is 10.5 Å². The van der Waals surface area contributed by atoms with E-state index in [9.17, 15) is 4.39 Å². The van der Waals surface area contributed by atoms with Gasteiger partial charge in [0.25, 0.3) is 0 Å². The van der Waals surface area contributed by atoms with Crippen molar-refractivity contribution in [2.45, 2.75) is 39.3 Å². The van der Waals surface area contributed by atoms with Crippen LogP contribution in [0.25, 0.3) is 0 Å². The van der Waals surface area contributed by atoms with Crippen LogP contribution in [-0.2, 0) is 13.0 Å². The van der Waals surface area contributed by atoms with Gasteiger partial charge in [0, 0.05) is 11.4 Å². The quantitative estimate of drug-likeness (QED) is 0.880. The molecule has 0 aliphatic carbocycles. The summed E-state index contributed by atoms with van der Waals surface area (Å²) < 4.78 is 19.3. The van der Waals surface area contributed by atoms with Gasteiger partial charge in [-0.05, 0) is 37.5 Å². The van der Waals surface area contributed by atoms with Crippen LogP contribution in [0.4, 0.5) is 4.39 Å². The van der Waals surface area contributed by atoms with Crippen molar-refractivity contribution in [3.05, 3.63) is 45.7 Å². The lowest BCUT2D eigenvalue weighted by Crippen LogP contribution is -2.06. The summed E-state index contributed by atoms with van der Waals surface area (Å²) in [5, 5.41) is 3.05. The van der Waals surface area contributed by atoms with E-state index in [-0.39, 0.29) is 24.2 Å². The van der Waals surface area contributed by atoms with E-state index in [4.69, 9.17) is 10.5 Å². The molecule has 20 heavy (non-hydrogen) atoms. The first-order chi connectivity index (χ1) is 9.60. The van der Waals surface area contributed by atoms with Gasteiger partial charge in [-0.15, -0.1) is 11.3 Å². The van der Waals surface area contributed by atoms with E-state index in [1.807, 2.05) is 12.3 Å². The number of nitrogens with two attached hydrogens (primary N) is 1. The number of rotatable bonds is 6. The van der Waals surface area contributed by atoms with Crippen molar-refractivity contribution in [2.75, 3.05) is 0 Å². The number of aryl methyl sites for hydroxylation is 1. The maximum absolute atomic E-state index is 13.8. The lowest BCUT2D eigenvalue weighted by molar-refractivity contribution is 0.286. The van der Waals surface area contributed by atoms with E-state index in [1.54, 1.807) is 23.5 Å². The summed E-state index contributed by atoms with van der Waals surface area (Å²) >= 11 is 1.62. The minimum absolute atomic E-state index is 0.186. The molecule has 1 heterocycles. The molecule has 0 radical (unpaired) electrons. The molecule has 3 nitrogen and oxygen atoms in total. The number of hydrogen-bond acceptors (Lipinski definition) is 4. The van der Waals surface area contributed by atoms with Crippen molar-refractivity contribution in [3.8, 4) is 5.75 Å². The third kappa shape index (κ3) is 3.77. The van der Waals surface area contributed by atoms with E-state index >= 15 is 0 Å². The first-order valence-electron chi connectivity index (χ1n) is 6.71. The summed E-state index contributed by atoms with van der Waals surface area (Å²) in [6, 6.07) is 4.64. The van der Waals surface area contributed by atoms with Crippen LogP contribution >= 0.6 is 11.3 Å². The van der Waals surface area contributed by atoms with E-state index in [0.29, 0.717) is 0 Å². The molecule has 1 aromatic heterocycles. The molecule has 0 unspecified atom stereocenters. The van der Waals surface area contributed by atoms with Crippen molar-refractivity contribution in [1.82, 2.24) is 4.98 Å². The van der Waals surface area contributed by atoms with Crippen LogP contribution in [0.1, 0.15) is 42.6 Å². The zero-order valence-electron chi connectivity index (χ0n) is 11.7. The Kier molecular flexibility index (Phi) is 5.09. The molecular weight excluding hydrogens is 275 g/mol. The SMILES string of the molecule is CCCc1nc(COc2ccc([C@@H](C)N)cc2F)cs1. The Morgan fingerprint density at radius 1 is 1.45 bits per heavy atom. The fraction of sp³-hybridized carbons (Fsp3) is 0.400. The largest absolute Gasteiger partial charge is 0.484 e. The minimum Gasteiger partial charge on any atom is -0.484 e. The molecule has 1 aromatic carbocycles. The Balaban J connectivity index is 1.99. The van der Waals surface area contributed by atoms with Crippen LogP contribution in [0.2, 0.25) is 0 Å². The standard InChI is InChI=1S/C15H19FN2OS/c1-3-4-15-18-12(9-20-15)8-19-14-6-5-11(10(2)17)7-13(14)16/h5-7,9-10H,3-4,8,17H2,1-2H3/t10-/m1/s1. The second-order valence-electron chi connectivity index (χ2n) is 4.75. The van der Waals surface area contributed by atoms with E-state index in [2.05, 4.69) is 11.9 Å². The van der Waals surface area contributed by atoms with Crippen molar-refractivity contribution in [3.63, 3.8) is 0 Å². The monoisotopic (exact) mass is 294 g/mol. The minimum atomic E-state index is -0.385. The Bertz CT molecular complexity index is 569. The van der Waals surface area contributed by atoms with Crippen LogP contribution in [0.3, 0.4) is 0 Å². The van der Waals surface area contributed by atoms with Crippen LogP contribution in [0.5, 0.6) is 5.75 Å². The fourth-order valence-corrected chi connectivity index (χ4v) is 2.70. The van der Waals surface area contributed by atoms with Crippen LogP contribution in [-0.4, -0.2) is 4.98 Å². The van der Waals surface area contributed by atoms with Gasteiger partial charge in [-0.1, -0.05) is 13.0 Å². The molecule has 5 heteroatoms. The van der Waals surface area contributed by atoms with Gasteiger partial charge in [-0.3, -0.25) is 0 Å². The van der Waals surface area contributed by atoms with Gasteiger partial charge in [-0.25, -0.2) is 9.37 Å². The number of hydrogen-bond donors (Lipinski definition) is 1. The second kappa shape index (κ2) is 6.81. The average molecular weight is 294 g/mol. The fourth-order valence-electron chi connectivity index (χ4n) is 1.81. The summed E-state index contributed by atoms with van der Waals surface area (Å²) in [6.07, 6.45) is 2.04. The second-order valence-corrected chi connectivity index (χ2v) is 5.69. The van der Waals surface area contributed by atoms with Gasteiger partial charge in [0.05, 0.1) is 10.7 Å². The first kappa shape index (κ1) is 14.9. The van der Waals surface area contributed by atoms with Crippen molar-refractivity contribution in [2.24, 2.45) is 5.73 Å². The molecule has 0 fully saturated rings. The van der Waals surface area contributed by atoms with Gasteiger partial charge in [-0.2, -0.15) is 0 Å². The summed E-state index contributed by atoms with van der Waals surface area (Å²) in [5.41, 5.74) is 7.31. The first-order valence-corrected chi connectivity index (χ1v) is 7.59. The number of ether oxygens (including phenoxy) is 1. The van der Waals surface area contributed by atoms with Crippen molar-refractivity contribution >= 4 is 11.3 Å². The number of thiazole rings is 1. The Hall–Kier alpha value is -1.46. The molecule has 0 bridgehead atoms. The highest BCUT2D eigenvalue weighted by molar-refractivity contribution is 7.09.